The largest absolute Gasteiger partial charge is 0.490 e. The molecule has 0 fully saturated rings. The van der Waals surface area contributed by atoms with Crippen molar-refractivity contribution in [2.45, 2.75) is 0 Å². The Labute approximate surface area is 94.9 Å². The first-order valence-corrected chi connectivity index (χ1v) is 5.25. The molecule has 0 aliphatic carbocycles. The van der Waals surface area contributed by atoms with Crippen LogP contribution >= 0.6 is 0 Å². The molecule has 4 nitrogen and oxygen atoms in total. The fraction of sp³-hybridized carbons (Fsp3) is 0.333. The van der Waals surface area contributed by atoms with Crippen LogP contribution < -0.4 is 4.74 Å². The van der Waals surface area contributed by atoms with Crippen molar-refractivity contribution in [1.29, 1.82) is 0 Å². The predicted octanol–water partition coefficient (Wildman–Crippen LogP) is 1.57. The summed E-state index contributed by atoms with van der Waals surface area (Å²) in [5.41, 5.74) is 0.866. The zero-order chi connectivity index (χ0) is 11.4. The Kier molecular flexibility index (Phi) is 3.31. The van der Waals surface area contributed by atoms with Gasteiger partial charge in [-0.1, -0.05) is 12.1 Å². The second kappa shape index (κ2) is 4.90. The van der Waals surface area contributed by atoms with Gasteiger partial charge in [0.25, 0.3) is 0 Å². The molecule has 16 heavy (non-hydrogen) atoms. The van der Waals surface area contributed by atoms with E-state index in [1.165, 1.54) is 0 Å². The van der Waals surface area contributed by atoms with Gasteiger partial charge in [0.05, 0.1) is 11.7 Å². The fourth-order valence-electron chi connectivity index (χ4n) is 1.44. The van der Waals surface area contributed by atoms with E-state index < -0.39 is 0 Å². The first-order valence-electron chi connectivity index (χ1n) is 5.25. The molecule has 1 aromatic heterocycles. The van der Waals surface area contributed by atoms with Crippen molar-refractivity contribution < 1.29 is 4.74 Å². The van der Waals surface area contributed by atoms with Crippen LogP contribution in [-0.4, -0.2) is 42.3 Å². The van der Waals surface area contributed by atoms with Gasteiger partial charge in [0, 0.05) is 11.9 Å². The lowest BCUT2D eigenvalue weighted by atomic mass is 10.2. The molecule has 2 rings (SSSR count). The van der Waals surface area contributed by atoms with Crippen LogP contribution in [0.25, 0.3) is 10.9 Å². The Morgan fingerprint density at radius 3 is 2.88 bits per heavy atom. The molecule has 0 saturated carbocycles. The van der Waals surface area contributed by atoms with Gasteiger partial charge in [-0.05, 0) is 26.2 Å². The van der Waals surface area contributed by atoms with Crippen molar-refractivity contribution in [3.05, 3.63) is 30.5 Å². The summed E-state index contributed by atoms with van der Waals surface area (Å²) in [5.74, 6) is 0.799. The van der Waals surface area contributed by atoms with E-state index in [0.717, 1.165) is 23.2 Å². The average molecular weight is 217 g/mol. The quantitative estimate of drug-likeness (QED) is 0.779. The summed E-state index contributed by atoms with van der Waals surface area (Å²) < 4.78 is 5.69. The van der Waals surface area contributed by atoms with Crippen molar-refractivity contribution in [2.24, 2.45) is 0 Å². The Morgan fingerprint density at radius 2 is 2.06 bits per heavy atom. The van der Waals surface area contributed by atoms with Crippen molar-refractivity contribution in [2.75, 3.05) is 27.2 Å². The first-order chi connectivity index (χ1) is 7.77. The van der Waals surface area contributed by atoms with Crippen molar-refractivity contribution >= 4 is 10.9 Å². The molecule has 0 bridgehead atoms. The number of fused-ring (bicyclic) bond motifs is 1. The molecule has 2 aromatic rings. The lowest BCUT2D eigenvalue weighted by Crippen LogP contribution is -2.19. The molecule has 0 unspecified atom stereocenters. The van der Waals surface area contributed by atoms with Crippen LogP contribution in [-0.2, 0) is 0 Å². The molecule has 0 aliphatic rings. The van der Waals surface area contributed by atoms with Crippen LogP contribution in [0.15, 0.2) is 30.5 Å². The molecule has 1 heterocycles. The lowest BCUT2D eigenvalue weighted by molar-refractivity contribution is 0.263. The summed E-state index contributed by atoms with van der Waals surface area (Å²) in [6.07, 6.45) is 1.66. The third-order valence-corrected chi connectivity index (χ3v) is 2.31. The van der Waals surface area contributed by atoms with E-state index >= 15 is 0 Å². The molecular formula is C12H15N3O. The first kappa shape index (κ1) is 10.8. The van der Waals surface area contributed by atoms with Crippen molar-refractivity contribution in [3.63, 3.8) is 0 Å². The molecule has 0 atom stereocenters. The fourth-order valence-corrected chi connectivity index (χ4v) is 1.44. The molecule has 0 amide bonds. The van der Waals surface area contributed by atoms with E-state index in [0.29, 0.717) is 6.61 Å². The van der Waals surface area contributed by atoms with Crippen molar-refractivity contribution in [1.82, 2.24) is 15.1 Å². The van der Waals surface area contributed by atoms with Crippen LogP contribution in [0, 0.1) is 0 Å². The van der Waals surface area contributed by atoms with E-state index in [2.05, 4.69) is 15.1 Å². The van der Waals surface area contributed by atoms with Gasteiger partial charge in [0.1, 0.15) is 12.4 Å². The third kappa shape index (κ3) is 2.46. The maximum Gasteiger partial charge on any atom is 0.148 e. The van der Waals surface area contributed by atoms with Gasteiger partial charge in [0.2, 0.25) is 0 Å². The van der Waals surface area contributed by atoms with Crippen LogP contribution in [0.5, 0.6) is 5.75 Å². The highest BCUT2D eigenvalue weighted by Crippen LogP contribution is 2.21. The number of aromatic nitrogens is 2. The highest BCUT2D eigenvalue weighted by molar-refractivity contribution is 5.83. The molecule has 4 heteroatoms. The standard InChI is InChI=1S/C12H15N3O/c1-15(2)7-8-16-12-9-13-14-11-6-4-3-5-10(11)12/h3-6,9H,7-8H2,1-2H3. The second-order valence-corrected chi connectivity index (χ2v) is 3.88. The topological polar surface area (TPSA) is 38.2 Å². The minimum atomic E-state index is 0.655. The van der Waals surface area contributed by atoms with Gasteiger partial charge in [-0.15, -0.1) is 0 Å². The van der Waals surface area contributed by atoms with Crippen molar-refractivity contribution in [3.8, 4) is 5.75 Å². The molecule has 0 N–H and O–H groups in total. The summed E-state index contributed by atoms with van der Waals surface area (Å²) in [7, 11) is 4.04. The Balaban J connectivity index is 2.17. The van der Waals surface area contributed by atoms with E-state index in [4.69, 9.17) is 4.74 Å². The van der Waals surface area contributed by atoms with Gasteiger partial charge in [0.15, 0.2) is 0 Å². The highest BCUT2D eigenvalue weighted by atomic mass is 16.5. The molecule has 0 spiro atoms. The monoisotopic (exact) mass is 217 g/mol. The zero-order valence-electron chi connectivity index (χ0n) is 9.55. The lowest BCUT2D eigenvalue weighted by Gasteiger charge is -2.11. The zero-order valence-corrected chi connectivity index (χ0v) is 9.55. The Hall–Kier alpha value is -1.68. The van der Waals surface area contributed by atoms with Gasteiger partial charge >= 0.3 is 0 Å². The molecular weight excluding hydrogens is 202 g/mol. The molecule has 0 saturated heterocycles. The summed E-state index contributed by atoms with van der Waals surface area (Å²) in [4.78, 5) is 2.08. The van der Waals surface area contributed by atoms with Gasteiger partial charge < -0.3 is 9.64 Å². The summed E-state index contributed by atoms with van der Waals surface area (Å²) in [6.45, 7) is 1.54. The number of rotatable bonds is 4. The smallest absolute Gasteiger partial charge is 0.148 e. The Bertz CT molecular complexity index is 465. The van der Waals surface area contributed by atoms with E-state index in [1.807, 2.05) is 38.4 Å². The summed E-state index contributed by atoms with van der Waals surface area (Å²) in [5, 5.41) is 8.98. The minimum absolute atomic E-state index is 0.655. The van der Waals surface area contributed by atoms with Gasteiger partial charge in [-0.3, -0.25) is 0 Å². The highest BCUT2D eigenvalue weighted by Gasteiger charge is 2.02. The summed E-state index contributed by atoms with van der Waals surface area (Å²) in [6, 6.07) is 7.85. The van der Waals surface area contributed by atoms with Crippen LogP contribution in [0.4, 0.5) is 0 Å². The molecule has 0 aliphatic heterocycles. The molecule has 0 radical (unpaired) electrons. The Morgan fingerprint density at radius 1 is 1.25 bits per heavy atom. The van der Waals surface area contributed by atoms with Crippen LogP contribution in [0.3, 0.4) is 0 Å². The second-order valence-electron chi connectivity index (χ2n) is 3.88. The maximum atomic E-state index is 5.69. The normalized spacial score (nSPS) is 10.9. The summed E-state index contributed by atoms with van der Waals surface area (Å²) >= 11 is 0. The van der Waals surface area contributed by atoms with E-state index in [9.17, 15) is 0 Å². The maximum absolute atomic E-state index is 5.69. The van der Waals surface area contributed by atoms with Gasteiger partial charge in [-0.2, -0.15) is 10.2 Å². The average Bonchev–Trinajstić information content (AvgIpc) is 2.29. The number of hydrogen-bond acceptors (Lipinski definition) is 4. The number of likely N-dealkylation sites (N-methyl/N-ethyl adjacent to an activating group) is 1. The van der Waals surface area contributed by atoms with Gasteiger partial charge in [-0.25, -0.2) is 0 Å². The minimum Gasteiger partial charge on any atom is -0.490 e. The van der Waals surface area contributed by atoms with E-state index in [1.54, 1.807) is 6.20 Å². The number of hydrogen-bond donors (Lipinski definition) is 0. The third-order valence-electron chi connectivity index (χ3n) is 2.31. The van der Waals surface area contributed by atoms with E-state index in [-0.39, 0.29) is 0 Å². The molecule has 1 aromatic carbocycles. The number of benzene rings is 1. The number of nitrogens with zero attached hydrogens (tertiary/aromatic N) is 3. The number of ether oxygens (including phenoxy) is 1. The van der Waals surface area contributed by atoms with Crippen LogP contribution in [0.1, 0.15) is 0 Å². The van der Waals surface area contributed by atoms with Crippen LogP contribution in [0.2, 0.25) is 0 Å². The predicted molar refractivity (Wildman–Crippen MR) is 63.6 cm³/mol. The molecule has 84 valence electrons. The SMILES string of the molecule is CN(C)CCOc1cnnc2ccccc12.